The molecule has 0 bridgehead atoms. The molecule has 2 aromatic rings. The number of nitrogens with one attached hydrogen (secondary N) is 2. The lowest BCUT2D eigenvalue weighted by molar-refractivity contribution is 0.102. The normalized spacial score (nSPS) is 13.5. The Hall–Kier alpha value is -2.50. The second kappa shape index (κ2) is 6.09. The Morgan fingerprint density at radius 1 is 1.41 bits per heavy atom. The average molecular weight is 301 g/mol. The number of hydrogen-bond acceptors (Lipinski definition) is 4. The Morgan fingerprint density at radius 2 is 2.23 bits per heavy atom. The van der Waals surface area contributed by atoms with Gasteiger partial charge in [0.15, 0.2) is 5.69 Å². The van der Waals surface area contributed by atoms with Crippen LogP contribution in [0.15, 0.2) is 18.2 Å². The number of carbonyl (C=O) groups is 1. The van der Waals surface area contributed by atoms with Crippen LogP contribution in [0.2, 0.25) is 0 Å². The molecule has 1 aliphatic rings. The Kier molecular flexibility index (Phi) is 4.00. The van der Waals surface area contributed by atoms with Gasteiger partial charge in [0.1, 0.15) is 11.5 Å². The lowest BCUT2D eigenvalue weighted by Gasteiger charge is -2.13. The van der Waals surface area contributed by atoms with Crippen molar-refractivity contribution < 1.29 is 14.6 Å². The van der Waals surface area contributed by atoms with Gasteiger partial charge in [-0.25, -0.2) is 0 Å². The first-order valence-corrected chi connectivity index (χ1v) is 7.52. The first kappa shape index (κ1) is 14.4. The topological polar surface area (TPSA) is 87.2 Å². The summed E-state index contributed by atoms with van der Waals surface area (Å²) in [7, 11) is 0. The van der Waals surface area contributed by atoms with Gasteiger partial charge in [0.25, 0.3) is 5.91 Å². The van der Waals surface area contributed by atoms with Crippen LogP contribution >= 0.6 is 0 Å². The van der Waals surface area contributed by atoms with Crippen LogP contribution in [-0.2, 0) is 12.8 Å². The SMILES string of the molecule is CCOc1cc(O)ccc1NC(=O)c1n[nH]c2c1CCCC2. The van der Waals surface area contributed by atoms with E-state index < -0.39 is 0 Å². The molecule has 6 nitrogen and oxygen atoms in total. The Balaban J connectivity index is 1.84. The summed E-state index contributed by atoms with van der Waals surface area (Å²) < 4.78 is 5.45. The summed E-state index contributed by atoms with van der Waals surface area (Å²) in [5.74, 6) is 0.282. The van der Waals surface area contributed by atoms with E-state index in [2.05, 4.69) is 15.5 Å². The predicted molar refractivity (Wildman–Crippen MR) is 82.5 cm³/mol. The van der Waals surface area contributed by atoms with Crippen LogP contribution in [0, 0.1) is 0 Å². The Labute approximate surface area is 128 Å². The first-order valence-electron chi connectivity index (χ1n) is 7.52. The molecule has 1 aromatic heterocycles. The summed E-state index contributed by atoms with van der Waals surface area (Å²) in [5, 5.41) is 19.5. The first-order chi connectivity index (χ1) is 10.7. The van der Waals surface area contributed by atoms with Gasteiger partial charge in [-0.3, -0.25) is 9.89 Å². The lowest BCUT2D eigenvalue weighted by Crippen LogP contribution is -2.16. The minimum Gasteiger partial charge on any atom is -0.508 e. The van der Waals surface area contributed by atoms with Crippen LogP contribution in [0.1, 0.15) is 41.5 Å². The fourth-order valence-electron chi connectivity index (χ4n) is 2.74. The second-order valence-electron chi connectivity index (χ2n) is 5.30. The molecule has 0 saturated heterocycles. The predicted octanol–water partition coefficient (Wildman–Crippen LogP) is 2.65. The van der Waals surface area contributed by atoms with E-state index >= 15 is 0 Å². The van der Waals surface area contributed by atoms with E-state index in [-0.39, 0.29) is 11.7 Å². The minimum absolute atomic E-state index is 0.0959. The molecule has 116 valence electrons. The highest BCUT2D eigenvalue weighted by Gasteiger charge is 2.22. The zero-order valence-electron chi connectivity index (χ0n) is 12.5. The molecule has 22 heavy (non-hydrogen) atoms. The van der Waals surface area contributed by atoms with Crippen LogP contribution in [0.25, 0.3) is 0 Å². The highest BCUT2D eigenvalue weighted by atomic mass is 16.5. The molecular formula is C16H19N3O3. The molecule has 1 amide bonds. The lowest BCUT2D eigenvalue weighted by atomic mass is 9.96. The number of carbonyl (C=O) groups excluding carboxylic acids is 1. The van der Waals surface area contributed by atoms with Crippen LogP contribution in [0.5, 0.6) is 11.5 Å². The summed E-state index contributed by atoms with van der Waals surface area (Å²) in [4.78, 5) is 12.5. The molecule has 0 spiro atoms. The molecule has 0 atom stereocenters. The number of hydrogen-bond donors (Lipinski definition) is 3. The summed E-state index contributed by atoms with van der Waals surface area (Å²) in [5.41, 5.74) is 3.05. The zero-order valence-corrected chi connectivity index (χ0v) is 12.5. The van der Waals surface area contributed by atoms with Gasteiger partial charge in [0.05, 0.1) is 12.3 Å². The fourth-order valence-corrected chi connectivity index (χ4v) is 2.74. The number of anilines is 1. The van der Waals surface area contributed by atoms with Crippen molar-refractivity contribution in [3.63, 3.8) is 0 Å². The number of nitrogens with zero attached hydrogens (tertiary/aromatic N) is 1. The number of benzene rings is 1. The van der Waals surface area contributed by atoms with Crippen LogP contribution < -0.4 is 10.1 Å². The summed E-state index contributed by atoms with van der Waals surface area (Å²) >= 11 is 0. The Morgan fingerprint density at radius 3 is 3.05 bits per heavy atom. The number of fused-ring (bicyclic) bond motifs is 1. The average Bonchev–Trinajstić information content (AvgIpc) is 2.94. The molecule has 6 heteroatoms. The third kappa shape index (κ3) is 2.77. The van der Waals surface area contributed by atoms with E-state index in [0.717, 1.165) is 36.9 Å². The highest BCUT2D eigenvalue weighted by molar-refractivity contribution is 6.04. The van der Waals surface area contributed by atoms with Crippen LogP contribution in [0.4, 0.5) is 5.69 Å². The number of aromatic amines is 1. The van der Waals surface area contributed by atoms with Crippen molar-refractivity contribution in [3.8, 4) is 11.5 Å². The fraction of sp³-hybridized carbons (Fsp3) is 0.375. The summed E-state index contributed by atoms with van der Waals surface area (Å²) in [6, 6.07) is 4.62. The van der Waals surface area contributed by atoms with Crippen molar-refractivity contribution in [1.29, 1.82) is 0 Å². The van der Waals surface area contributed by atoms with Gasteiger partial charge in [0.2, 0.25) is 0 Å². The molecule has 1 heterocycles. The van der Waals surface area contributed by atoms with Gasteiger partial charge in [0, 0.05) is 17.3 Å². The third-order valence-corrected chi connectivity index (χ3v) is 3.78. The molecule has 0 aliphatic heterocycles. The number of aromatic nitrogens is 2. The standard InChI is InChI=1S/C16H19N3O3/c1-2-22-14-9-10(20)7-8-13(14)17-16(21)15-11-5-3-4-6-12(11)18-19-15/h7-9,20H,2-6H2,1H3,(H,17,21)(H,18,19). The highest BCUT2D eigenvalue weighted by Crippen LogP contribution is 2.30. The maximum atomic E-state index is 12.5. The van der Waals surface area contributed by atoms with Crippen LogP contribution in [-0.4, -0.2) is 27.8 Å². The molecule has 0 fully saturated rings. The van der Waals surface area contributed by atoms with Gasteiger partial charge < -0.3 is 15.2 Å². The number of phenols is 1. The number of amides is 1. The van der Waals surface area contributed by atoms with E-state index in [1.165, 1.54) is 12.1 Å². The zero-order chi connectivity index (χ0) is 15.5. The van der Waals surface area contributed by atoms with Gasteiger partial charge in [-0.15, -0.1) is 0 Å². The largest absolute Gasteiger partial charge is 0.508 e. The molecule has 0 radical (unpaired) electrons. The van der Waals surface area contributed by atoms with E-state index in [1.807, 2.05) is 6.92 Å². The van der Waals surface area contributed by atoms with E-state index in [4.69, 9.17) is 4.74 Å². The van der Waals surface area contributed by atoms with Crippen LogP contribution in [0.3, 0.4) is 0 Å². The van der Waals surface area contributed by atoms with E-state index in [1.54, 1.807) is 6.07 Å². The maximum absolute atomic E-state index is 12.5. The third-order valence-electron chi connectivity index (χ3n) is 3.78. The molecule has 3 rings (SSSR count). The Bertz CT molecular complexity index is 694. The summed E-state index contributed by atoms with van der Waals surface area (Å²) in [6.45, 7) is 2.30. The smallest absolute Gasteiger partial charge is 0.276 e. The van der Waals surface area contributed by atoms with Crippen molar-refractivity contribution in [2.24, 2.45) is 0 Å². The van der Waals surface area contributed by atoms with Crippen molar-refractivity contribution in [2.45, 2.75) is 32.6 Å². The second-order valence-corrected chi connectivity index (χ2v) is 5.30. The van der Waals surface area contributed by atoms with Gasteiger partial charge in [-0.1, -0.05) is 0 Å². The molecular weight excluding hydrogens is 282 g/mol. The van der Waals surface area contributed by atoms with Gasteiger partial charge >= 0.3 is 0 Å². The number of H-pyrrole nitrogens is 1. The number of aromatic hydroxyl groups is 1. The van der Waals surface area contributed by atoms with Crippen molar-refractivity contribution in [2.75, 3.05) is 11.9 Å². The number of phenolic OH excluding ortho intramolecular Hbond substituents is 1. The molecule has 1 aromatic carbocycles. The summed E-state index contributed by atoms with van der Waals surface area (Å²) in [6.07, 6.45) is 4.03. The molecule has 0 saturated carbocycles. The maximum Gasteiger partial charge on any atom is 0.276 e. The monoisotopic (exact) mass is 301 g/mol. The molecule has 3 N–H and O–H groups in total. The van der Waals surface area contributed by atoms with Crippen molar-refractivity contribution in [3.05, 3.63) is 35.2 Å². The number of aryl methyl sites for hydroxylation is 1. The number of ether oxygens (including phenoxy) is 1. The number of rotatable bonds is 4. The van der Waals surface area contributed by atoms with E-state index in [0.29, 0.717) is 23.7 Å². The van der Waals surface area contributed by atoms with Gasteiger partial charge in [-0.05, 0) is 44.7 Å². The van der Waals surface area contributed by atoms with Gasteiger partial charge in [-0.2, -0.15) is 5.10 Å². The molecule has 0 unspecified atom stereocenters. The molecule has 1 aliphatic carbocycles. The quantitative estimate of drug-likeness (QED) is 0.758. The minimum atomic E-state index is -0.258. The van der Waals surface area contributed by atoms with Crippen molar-refractivity contribution in [1.82, 2.24) is 10.2 Å². The van der Waals surface area contributed by atoms with E-state index in [9.17, 15) is 9.90 Å². The van der Waals surface area contributed by atoms with Crippen molar-refractivity contribution >= 4 is 11.6 Å².